The first-order valence-corrected chi connectivity index (χ1v) is 10.2. The van der Waals surface area contributed by atoms with Gasteiger partial charge < -0.3 is 25.5 Å². The average molecular weight is 400 g/mol. The van der Waals surface area contributed by atoms with Crippen molar-refractivity contribution in [3.63, 3.8) is 0 Å². The Kier molecular flexibility index (Phi) is 6.17. The molecular formula is C22H26ClN3O2. The lowest BCUT2D eigenvalue weighted by Crippen LogP contribution is -2.30. The van der Waals surface area contributed by atoms with Crippen molar-refractivity contribution in [2.75, 3.05) is 32.8 Å². The predicted molar refractivity (Wildman–Crippen MR) is 113 cm³/mol. The third kappa shape index (κ3) is 4.18. The average Bonchev–Trinajstić information content (AvgIpc) is 3.09. The van der Waals surface area contributed by atoms with Gasteiger partial charge in [0.15, 0.2) is 0 Å². The fourth-order valence-electron chi connectivity index (χ4n) is 3.83. The molecule has 2 heterocycles. The summed E-state index contributed by atoms with van der Waals surface area (Å²) in [6, 6.07) is 14.5. The molecule has 5 nitrogen and oxygen atoms in total. The van der Waals surface area contributed by atoms with Gasteiger partial charge in [0.2, 0.25) is 0 Å². The lowest BCUT2D eigenvalue weighted by Gasteiger charge is -2.25. The second kappa shape index (κ2) is 8.97. The second-order valence-corrected chi connectivity index (χ2v) is 7.53. The first-order valence-electron chi connectivity index (χ1n) is 9.84. The van der Waals surface area contributed by atoms with Crippen LogP contribution in [0.15, 0.2) is 42.5 Å². The van der Waals surface area contributed by atoms with Crippen LogP contribution in [0.2, 0.25) is 5.02 Å². The second-order valence-electron chi connectivity index (χ2n) is 7.09. The van der Waals surface area contributed by atoms with Crippen LogP contribution in [0.4, 0.5) is 0 Å². The monoisotopic (exact) mass is 399 g/mol. The summed E-state index contributed by atoms with van der Waals surface area (Å²) in [4.78, 5) is 3.59. The summed E-state index contributed by atoms with van der Waals surface area (Å²) in [5.41, 5.74) is 4.94. The van der Waals surface area contributed by atoms with E-state index in [4.69, 9.17) is 21.4 Å². The predicted octanol–water partition coefficient (Wildman–Crippen LogP) is 3.41. The van der Waals surface area contributed by atoms with Gasteiger partial charge in [-0.05, 0) is 60.8 Å². The molecule has 0 saturated carbocycles. The molecule has 0 spiro atoms. The minimum Gasteiger partial charge on any atom is -0.494 e. The number of rotatable bonds is 8. The normalized spacial score (nSPS) is 16.3. The number of aliphatic hydroxyl groups is 1. The number of nitrogens with one attached hydrogen (secondary N) is 3. The smallest absolute Gasteiger partial charge is 0.119 e. The summed E-state index contributed by atoms with van der Waals surface area (Å²) in [5.74, 6) is 0.880. The maximum Gasteiger partial charge on any atom is 0.119 e. The van der Waals surface area contributed by atoms with Crippen LogP contribution >= 0.6 is 11.6 Å². The van der Waals surface area contributed by atoms with Crippen LogP contribution in [0.5, 0.6) is 5.75 Å². The Morgan fingerprint density at radius 2 is 2.00 bits per heavy atom. The maximum atomic E-state index is 8.74. The SMILES string of the molecule is OCCNCCCOc1ccc(C2NCCc3c2[nH]c2ccc(Cl)cc32)cc1. The van der Waals surface area contributed by atoms with Crippen molar-refractivity contribution in [2.45, 2.75) is 18.9 Å². The van der Waals surface area contributed by atoms with E-state index in [2.05, 4.69) is 39.9 Å². The van der Waals surface area contributed by atoms with E-state index in [1.165, 1.54) is 22.2 Å². The Hall–Kier alpha value is -2.05. The number of aromatic amines is 1. The maximum absolute atomic E-state index is 8.74. The Morgan fingerprint density at radius 3 is 2.82 bits per heavy atom. The Balaban J connectivity index is 1.45. The largest absolute Gasteiger partial charge is 0.494 e. The van der Waals surface area contributed by atoms with Crippen molar-refractivity contribution >= 4 is 22.5 Å². The van der Waals surface area contributed by atoms with E-state index in [9.17, 15) is 0 Å². The highest BCUT2D eigenvalue weighted by molar-refractivity contribution is 6.31. The molecule has 3 aromatic rings. The summed E-state index contributed by atoms with van der Waals surface area (Å²) in [6.45, 7) is 3.24. The Bertz CT molecular complexity index is 923. The van der Waals surface area contributed by atoms with Gasteiger partial charge in [0, 0.05) is 34.7 Å². The fourth-order valence-corrected chi connectivity index (χ4v) is 4.00. The number of aromatic nitrogens is 1. The zero-order valence-corrected chi connectivity index (χ0v) is 16.6. The van der Waals surface area contributed by atoms with Crippen molar-refractivity contribution in [1.82, 2.24) is 15.6 Å². The molecular weight excluding hydrogens is 374 g/mol. The van der Waals surface area contributed by atoms with Gasteiger partial charge in [-0.25, -0.2) is 0 Å². The fraction of sp³-hybridized carbons (Fsp3) is 0.364. The number of aliphatic hydroxyl groups excluding tert-OH is 1. The van der Waals surface area contributed by atoms with Crippen LogP contribution < -0.4 is 15.4 Å². The van der Waals surface area contributed by atoms with Gasteiger partial charge >= 0.3 is 0 Å². The van der Waals surface area contributed by atoms with Crippen LogP contribution in [0.1, 0.15) is 29.3 Å². The zero-order valence-electron chi connectivity index (χ0n) is 15.8. The lowest BCUT2D eigenvalue weighted by atomic mass is 9.94. The molecule has 1 aromatic heterocycles. The van der Waals surface area contributed by atoms with E-state index in [1.54, 1.807) is 0 Å². The van der Waals surface area contributed by atoms with E-state index in [0.29, 0.717) is 13.2 Å². The highest BCUT2D eigenvalue weighted by atomic mass is 35.5. The van der Waals surface area contributed by atoms with Crippen LogP contribution in [-0.4, -0.2) is 42.9 Å². The summed E-state index contributed by atoms with van der Waals surface area (Å²) >= 11 is 6.21. The molecule has 0 bridgehead atoms. The van der Waals surface area contributed by atoms with Crippen molar-refractivity contribution in [3.05, 3.63) is 64.3 Å². The van der Waals surface area contributed by atoms with Crippen molar-refractivity contribution < 1.29 is 9.84 Å². The molecule has 1 atom stereocenters. The van der Waals surface area contributed by atoms with E-state index in [0.717, 1.165) is 42.2 Å². The summed E-state index contributed by atoms with van der Waals surface area (Å²) in [6.07, 6.45) is 1.91. The molecule has 2 aromatic carbocycles. The Morgan fingerprint density at radius 1 is 1.14 bits per heavy atom. The first kappa shape index (κ1) is 19.3. The molecule has 0 fully saturated rings. The molecule has 148 valence electrons. The van der Waals surface area contributed by atoms with Gasteiger partial charge in [0.05, 0.1) is 19.3 Å². The topological polar surface area (TPSA) is 69.3 Å². The molecule has 4 rings (SSSR count). The van der Waals surface area contributed by atoms with Gasteiger partial charge in [-0.15, -0.1) is 0 Å². The van der Waals surface area contributed by atoms with Crippen LogP contribution in [0.25, 0.3) is 10.9 Å². The molecule has 0 amide bonds. The molecule has 1 aliphatic heterocycles. The van der Waals surface area contributed by atoms with Gasteiger partial charge in [-0.1, -0.05) is 23.7 Å². The van der Waals surface area contributed by atoms with E-state index in [1.807, 2.05) is 18.2 Å². The van der Waals surface area contributed by atoms with E-state index < -0.39 is 0 Å². The van der Waals surface area contributed by atoms with Crippen LogP contribution in [0.3, 0.4) is 0 Å². The highest BCUT2D eigenvalue weighted by Crippen LogP contribution is 2.35. The minimum absolute atomic E-state index is 0.145. The van der Waals surface area contributed by atoms with Crippen LogP contribution in [0, 0.1) is 0 Å². The summed E-state index contributed by atoms with van der Waals surface area (Å²) in [5, 5.41) is 17.5. The number of hydrogen-bond acceptors (Lipinski definition) is 4. The number of ether oxygens (including phenoxy) is 1. The van der Waals surface area contributed by atoms with Crippen molar-refractivity contribution in [2.24, 2.45) is 0 Å². The summed E-state index contributed by atoms with van der Waals surface area (Å²) < 4.78 is 5.81. The molecule has 4 N–H and O–H groups in total. The lowest BCUT2D eigenvalue weighted by molar-refractivity contribution is 0.282. The third-order valence-electron chi connectivity index (χ3n) is 5.18. The zero-order chi connectivity index (χ0) is 19.3. The molecule has 1 unspecified atom stereocenters. The molecule has 6 heteroatoms. The number of H-pyrrole nitrogens is 1. The third-order valence-corrected chi connectivity index (χ3v) is 5.42. The van der Waals surface area contributed by atoms with Crippen molar-refractivity contribution in [3.8, 4) is 5.75 Å². The number of hydrogen-bond donors (Lipinski definition) is 4. The molecule has 0 saturated heterocycles. The Labute approximate surface area is 170 Å². The highest BCUT2D eigenvalue weighted by Gasteiger charge is 2.25. The standard InChI is InChI=1S/C22H26ClN3O2/c23-16-4-7-20-19(14-16)18-8-10-25-21(22(18)26-20)15-2-5-17(6-3-15)28-13-1-9-24-11-12-27/h2-7,14,21,24-27H,1,8-13H2. The molecule has 28 heavy (non-hydrogen) atoms. The number of halogens is 1. The molecule has 0 aliphatic carbocycles. The van der Waals surface area contributed by atoms with Gasteiger partial charge in [-0.2, -0.15) is 0 Å². The van der Waals surface area contributed by atoms with Crippen molar-refractivity contribution in [1.29, 1.82) is 0 Å². The van der Waals surface area contributed by atoms with E-state index >= 15 is 0 Å². The van der Waals surface area contributed by atoms with Gasteiger partial charge in [-0.3, -0.25) is 0 Å². The van der Waals surface area contributed by atoms with Crippen LogP contribution in [-0.2, 0) is 6.42 Å². The first-order chi connectivity index (χ1) is 13.8. The number of benzene rings is 2. The molecule has 1 aliphatic rings. The number of fused-ring (bicyclic) bond motifs is 3. The van der Waals surface area contributed by atoms with Gasteiger partial charge in [0.1, 0.15) is 5.75 Å². The quantitative estimate of drug-likeness (QED) is 0.438. The minimum atomic E-state index is 0.145. The summed E-state index contributed by atoms with van der Waals surface area (Å²) in [7, 11) is 0. The molecule has 0 radical (unpaired) electrons. The van der Waals surface area contributed by atoms with E-state index in [-0.39, 0.29) is 12.6 Å². The van der Waals surface area contributed by atoms with Gasteiger partial charge in [0.25, 0.3) is 0 Å².